The van der Waals surface area contributed by atoms with Crippen molar-refractivity contribution in [2.75, 3.05) is 6.61 Å². The molecule has 1 unspecified atom stereocenters. The maximum atomic E-state index is 9.98. The van der Waals surface area contributed by atoms with Crippen LogP contribution in [-0.4, -0.2) is 22.4 Å². The number of ether oxygens (including phenoxy) is 1. The smallest absolute Gasteiger partial charge is 0.119 e. The van der Waals surface area contributed by atoms with Gasteiger partial charge in [0.15, 0.2) is 0 Å². The third-order valence-corrected chi connectivity index (χ3v) is 5.29. The molecule has 0 saturated heterocycles. The molecule has 4 heteroatoms. The number of aromatic hydroxyl groups is 1. The Hall–Kier alpha value is -2.82. The quantitative estimate of drug-likeness (QED) is 0.444. The number of aryl methyl sites for hydroxylation is 1. The van der Waals surface area contributed by atoms with E-state index >= 15 is 0 Å². The van der Waals surface area contributed by atoms with Gasteiger partial charge in [0.05, 0.1) is 12.6 Å². The Kier molecular flexibility index (Phi) is 7.50. The molecule has 0 aromatic heterocycles. The van der Waals surface area contributed by atoms with Crippen LogP contribution in [0.15, 0.2) is 78.9 Å². The minimum Gasteiger partial charge on any atom is -0.508 e. The van der Waals surface area contributed by atoms with Crippen molar-refractivity contribution in [2.24, 2.45) is 0 Å². The van der Waals surface area contributed by atoms with Crippen LogP contribution in [0.3, 0.4) is 0 Å². The van der Waals surface area contributed by atoms with E-state index in [4.69, 9.17) is 4.74 Å². The Morgan fingerprint density at radius 1 is 0.900 bits per heavy atom. The van der Waals surface area contributed by atoms with Gasteiger partial charge in [-0.05, 0) is 61.6 Å². The fraction of sp³-hybridized carbons (Fsp3) is 0.308. The predicted molar refractivity (Wildman–Crippen MR) is 121 cm³/mol. The molecule has 1 atom stereocenters. The van der Waals surface area contributed by atoms with Crippen LogP contribution in [0.25, 0.3) is 0 Å². The Bertz CT molecular complexity index is 907. The van der Waals surface area contributed by atoms with Gasteiger partial charge in [-0.1, -0.05) is 60.7 Å². The molecule has 3 rings (SSSR count). The lowest BCUT2D eigenvalue weighted by Crippen LogP contribution is -2.43. The van der Waals surface area contributed by atoms with Crippen LogP contribution < -0.4 is 10.1 Å². The van der Waals surface area contributed by atoms with E-state index in [2.05, 4.69) is 19.2 Å². The number of phenolic OH excluding ortho intramolecular Hbond substituents is 1. The van der Waals surface area contributed by atoms with Crippen LogP contribution in [0.1, 0.15) is 43.0 Å². The van der Waals surface area contributed by atoms with E-state index in [0.717, 1.165) is 35.3 Å². The average molecular weight is 406 g/mol. The lowest BCUT2D eigenvalue weighted by atomic mass is 9.93. The number of hydrogen-bond acceptors (Lipinski definition) is 4. The summed E-state index contributed by atoms with van der Waals surface area (Å²) in [5.41, 5.74) is 2.87. The number of hydrogen-bond donors (Lipinski definition) is 3. The van der Waals surface area contributed by atoms with Crippen molar-refractivity contribution < 1.29 is 14.9 Å². The van der Waals surface area contributed by atoms with Gasteiger partial charge in [-0.3, -0.25) is 0 Å². The maximum absolute atomic E-state index is 9.98. The molecule has 0 spiro atoms. The average Bonchev–Trinajstić information content (AvgIpc) is 2.77. The second kappa shape index (κ2) is 10.3. The highest BCUT2D eigenvalue weighted by Gasteiger charge is 2.23. The molecule has 4 nitrogen and oxygen atoms in total. The summed E-state index contributed by atoms with van der Waals surface area (Å²) in [7, 11) is 0. The molecule has 0 radical (unpaired) electrons. The van der Waals surface area contributed by atoms with Gasteiger partial charge in [-0.25, -0.2) is 0 Å². The molecule has 3 N–H and O–H groups in total. The first kappa shape index (κ1) is 21.9. The Labute approximate surface area is 179 Å². The molecule has 0 aliphatic carbocycles. The van der Waals surface area contributed by atoms with Crippen molar-refractivity contribution in [3.05, 3.63) is 95.6 Å². The molecule has 0 heterocycles. The van der Waals surface area contributed by atoms with E-state index in [1.54, 1.807) is 6.07 Å². The molecule has 0 aliphatic rings. The maximum Gasteiger partial charge on any atom is 0.119 e. The van der Waals surface area contributed by atoms with E-state index < -0.39 is 0 Å². The number of para-hydroxylation sites is 1. The molecule has 3 aromatic carbocycles. The molecule has 0 fully saturated rings. The lowest BCUT2D eigenvalue weighted by Gasteiger charge is -2.32. The van der Waals surface area contributed by atoms with Crippen molar-refractivity contribution >= 4 is 0 Å². The highest BCUT2D eigenvalue weighted by molar-refractivity contribution is 5.32. The fourth-order valence-corrected chi connectivity index (χ4v) is 3.48. The van der Waals surface area contributed by atoms with Crippen molar-refractivity contribution in [3.8, 4) is 11.5 Å². The van der Waals surface area contributed by atoms with Crippen molar-refractivity contribution in [3.63, 3.8) is 0 Å². The minimum atomic E-state index is -0.210. The summed E-state index contributed by atoms with van der Waals surface area (Å²) in [5.74, 6) is 1.14. The van der Waals surface area contributed by atoms with E-state index in [1.165, 1.54) is 0 Å². The van der Waals surface area contributed by atoms with Crippen LogP contribution in [-0.2, 0) is 13.0 Å². The molecule has 0 saturated carbocycles. The summed E-state index contributed by atoms with van der Waals surface area (Å²) in [6.07, 6.45) is 1.59. The summed E-state index contributed by atoms with van der Waals surface area (Å²) in [5, 5.41) is 23.5. The van der Waals surface area contributed by atoms with Crippen LogP contribution in [0.4, 0.5) is 0 Å². The topological polar surface area (TPSA) is 61.7 Å². The summed E-state index contributed by atoms with van der Waals surface area (Å²) in [6.45, 7) is 4.77. The van der Waals surface area contributed by atoms with Gasteiger partial charge in [0, 0.05) is 5.54 Å². The summed E-state index contributed by atoms with van der Waals surface area (Å²) >= 11 is 0. The van der Waals surface area contributed by atoms with E-state index in [-0.39, 0.29) is 18.2 Å². The Morgan fingerprint density at radius 3 is 2.23 bits per heavy atom. The van der Waals surface area contributed by atoms with E-state index in [9.17, 15) is 10.2 Å². The van der Waals surface area contributed by atoms with Crippen LogP contribution in [0, 0.1) is 0 Å². The number of aliphatic hydroxyl groups excluding tert-OH is 1. The first-order chi connectivity index (χ1) is 14.5. The van der Waals surface area contributed by atoms with Gasteiger partial charge in [-0.2, -0.15) is 0 Å². The monoisotopic (exact) mass is 405 g/mol. The second-order valence-corrected chi connectivity index (χ2v) is 8.24. The number of benzene rings is 3. The molecule has 0 aliphatic heterocycles. The van der Waals surface area contributed by atoms with Crippen LogP contribution in [0.5, 0.6) is 11.5 Å². The number of nitrogens with one attached hydrogen (secondary N) is 1. The minimum absolute atomic E-state index is 0.00420. The fourth-order valence-electron chi connectivity index (χ4n) is 3.48. The largest absolute Gasteiger partial charge is 0.508 e. The van der Waals surface area contributed by atoms with Gasteiger partial charge < -0.3 is 20.3 Å². The lowest BCUT2D eigenvalue weighted by molar-refractivity contribution is 0.206. The highest BCUT2D eigenvalue weighted by atomic mass is 16.5. The SMILES string of the molecule is CC(C)(CCc1ccccc1O)NC(CO)c1ccc(OCc2ccccc2)cc1. The van der Waals surface area contributed by atoms with E-state index in [0.29, 0.717) is 12.4 Å². The van der Waals surface area contributed by atoms with Gasteiger partial charge in [0.25, 0.3) is 0 Å². The molecular weight excluding hydrogens is 374 g/mol. The first-order valence-corrected chi connectivity index (χ1v) is 10.4. The third kappa shape index (κ3) is 6.34. The van der Waals surface area contributed by atoms with Gasteiger partial charge >= 0.3 is 0 Å². The normalized spacial score (nSPS) is 12.5. The van der Waals surface area contributed by atoms with Gasteiger partial charge in [-0.15, -0.1) is 0 Å². The third-order valence-electron chi connectivity index (χ3n) is 5.29. The highest BCUT2D eigenvalue weighted by Crippen LogP contribution is 2.25. The van der Waals surface area contributed by atoms with E-state index in [1.807, 2.05) is 72.8 Å². The number of aliphatic hydroxyl groups is 1. The molecule has 0 bridgehead atoms. The molecular formula is C26H31NO3. The van der Waals surface area contributed by atoms with Crippen molar-refractivity contribution in [1.82, 2.24) is 5.32 Å². The second-order valence-electron chi connectivity index (χ2n) is 8.24. The standard InChI is InChI=1S/C26H31NO3/c1-26(2,17-16-22-10-6-7-11-25(22)29)27-24(18-28)21-12-14-23(15-13-21)30-19-20-8-4-3-5-9-20/h3-15,24,27-29H,16-19H2,1-2H3. The van der Waals surface area contributed by atoms with Crippen LogP contribution in [0.2, 0.25) is 0 Å². The summed E-state index contributed by atoms with van der Waals surface area (Å²) in [4.78, 5) is 0. The zero-order valence-corrected chi connectivity index (χ0v) is 17.7. The first-order valence-electron chi connectivity index (χ1n) is 10.4. The Morgan fingerprint density at radius 2 is 1.57 bits per heavy atom. The van der Waals surface area contributed by atoms with Gasteiger partial charge in [0.1, 0.15) is 18.1 Å². The van der Waals surface area contributed by atoms with Crippen molar-refractivity contribution in [1.29, 1.82) is 0 Å². The van der Waals surface area contributed by atoms with Crippen molar-refractivity contribution in [2.45, 2.75) is 44.9 Å². The Balaban J connectivity index is 1.57. The van der Waals surface area contributed by atoms with Gasteiger partial charge in [0.2, 0.25) is 0 Å². The predicted octanol–water partition coefficient (Wildman–Crippen LogP) is 5.01. The molecule has 158 valence electrons. The summed E-state index contributed by atoms with van der Waals surface area (Å²) in [6, 6.07) is 25.2. The van der Waals surface area contributed by atoms with Crippen LogP contribution >= 0.6 is 0 Å². The molecule has 3 aromatic rings. The molecule has 30 heavy (non-hydrogen) atoms. The summed E-state index contributed by atoms with van der Waals surface area (Å²) < 4.78 is 5.85. The zero-order chi connectivity index (χ0) is 21.4. The number of rotatable bonds is 10. The zero-order valence-electron chi connectivity index (χ0n) is 17.7. The number of phenols is 1. The molecule has 0 amide bonds.